The predicted octanol–water partition coefficient (Wildman–Crippen LogP) is 2.41. The van der Waals surface area contributed by atoms with E-state index in [2.05, 4.69) is 20.4 Å². The predicted molar refractivity (Wildman–Crippen MR) is 110 cm³/mol. The molecular formula is C20H20N6O3. The minimum Gasteiger partial charge on any atom is -0.463 e. The quantitative estimate of drug-likeness (QED) is 0.368. The molecule has 0 saturated carbocycles. The van der Waals surface area contributed by atoms with Crippen LogP contribution in [0.4, 0.5) is 5.82 Å². The van der Waals surface area contributed by atoms with E-state index in [0.29, 0.717) is 47.5 Å². The molecule has 9 nitrogen and oxygen atoms in total. The number of rotatable bonds is 7. The minimum atomic E-state index is -0.333. The summed E-state index contributed by atoms with van der Waals surface area (Å²) in [6.45, 7) is 1.00. The second-order valence-electron chi connectivity index (χ2n) is 6.32. The number of fused-ring (bicyclic) bond motifs is 2. The number of carbonyl (C=O) groups excluding carboxylic acids is 1. The van der Waals surface area contributed by atoms with Gasteiger partial charge in [0.15, 0.2) is 5.65 Å². The molecule has 3 heterocycles. The largest absolute Gasteiger partial charge is 0.463 e. The molecule has 29 heavy (non-hydrogen) atoms. The van der Waals surface area contributed by atoms with Gasteiger partial charge in [0.2, 0.25) is 0 Å². The summed E-state index contributed by atoms with van der Waals surface area (Å²) in [7, 11) is 1.62. The number of methoxy groups -OCH3 is 1. The van der Waals surface area contributed by atoms with Gasteiger partial charge < -0.3 is 20.2 Å². The number of nitrogen functional groups attached to an aromatic ring is 1. The van der Waals surface area contributed by atoms with Crippen LogP contribution in [0.2, 0.25) is 0 Å². The van der Waals surface area contributed by atoms with Gasteiger partial charge >= 0.3 is 0 Å². The van der Waals surface area contributed by atoms with Gasteiger partial charge in [0, 0.05) is 20.3 Å². The highest BCUT2D eigenvalue weighted by atomic mass is 16.5. The first-order chi connectivity index (χ1) is 14.2. The lowest BCUT2D eigenvalue weighted by Gasteiger charge is -2.05. The number of ether oxygens (including phenoxy) is 1. The van der Waals surface area contributed by atoms with Gasteiger partial charge in [0.05, 0.1) is 23.5 Å². The maximum absolute atomic E-state index is 12.8. The topological polar surface area (TPSA) is 121 Å². The third-order valence-corrected chi connectivity index (χ3v) is 4.36. The van der Waals surface area contributed by atoms with Crippen LogP contribution >= 0.6 is 0 Å². The van der Waals surface area contributed by atoms with Gasteiger partial charge in [-0.25, -0.2) is 9.97 Å². The molecule has 0 spiro atoms. The molecule has 0 saturated heterocycles. The molecule has 0 unspecified atom stereocenters. The van der Waals surface area contributed by atoms with E-state index in [-0.39, 0.29) is 17.3 Å². The number of aromatic nitrogens is 3. The molecule has 4 aromatic rings. The van der Waals surface area contributed by atoms with Crippen LogP contribution in [0.5, 0.6) is 0 Å². The van der Waals surface area contributed by atoms with Crippen molar-refractivity contribution in [1.82, 2.24) is 20.0 Å². The van der Waals surface area contributed by atoms with Crippen molar-refractivity contribution in [3.05, 3.63) is 54.0 Å². The van der Waals surface area contributed by atoms with E-state index in [9.17, 15) is 4.79 Å². The van der Waals surface area contributed by atoms with Crippen LogP contribution in [0, 0.1) is 0 Å². The number of anilines is 1. The van der Waals surface area contributed by atoms with E-state index < -0.39 is 0 Å². The van der Waals surface area contributed by atoms with Gasteiger partial charge in [-0.15, -0.1) is 0 Å². The first-order valence-corrected chi connectivity index (χ1v) is 9.10. The fourth-order valence-corrected chi connectivity index (χ4v) is 2.97. The number of hydrogen-bond donors (Lipinski definition) is 2. The lowest BCUT2D eigenvalue weighted by atomic mass is 10.2. The standard InChI is InChI=1S/C20H20N6O3/c1-28-10-5-9-22-20(27)16-17-19(25-15-8-3-2-7-14(15)24-17)26(18(16)21)23-12-13-6-4-11-29-13/h2-4,6-8,11-12H,5,9-10,21H2,1H3,(H,22,27)/b23-12-. The van der Waals surface area contributed by atoms with E-state index in [1.54, 1.807) is 25.5 Å². The fraction of sp³-hybridized carbons (Fsp3) is 0.200. The Morgan fingerprint density at radius 1 is 1.28 bits per heavy atom. The Morgan fingerprint density at radius 3 is 2.79 bits per heavy atom. The molecule has 4 rings (SSSR count). The third kappa shape index (κ3) is 3.67. The molecule has 1 amide bonds. The summed E-state index contributed by atoms with van der Waals surface area (Å²) in [6.07, 6.45) is 3.74. The van der Waals surface area contributed by atoms with Crippen molar-refractivity contribution in [3.8, 4) is 0 Å². The van der Waals surface area contributed by atoms with Crippen molar-refractivity contribution < 1.29 is 13.9 Å². The Morgan fingerprint density at radius 2 is 2.07 bits per heavy atom. The highest BCUT2D eigenvalue weighted by Gasteiger charge is 2.23. The van der Waals surface area contributed by atoms with Gasteiger partial charge in [0.25, 0.3) is 5.91 Å². The Balaban J connectivity index is 1.81. The first-order valence-electron chi connectivity index (χ1n) is 9.10. The summed E-state index contributed by atoms with van der Waals surface area (Å²) < 4.78 is 11.7. The van der Waals surface area contributed by atoms with Crippen LogP contribution in [0.1, 0.15) is 22.5 Å². The normalized spacial score (nSPS) is 11.6. The number of nitrogens with two attached hydrogens (primary N) is 1. The molecular weight excluding hydrogens is 372 g/mol. The van der Waals surface area contributed by atoms with Gasteiger partial charge in [-0.2, -0.15) is 9.78 Å². The maximum atomic E-state index is 12.8. The Hall–Kier alpha value is -3.72. The van der Waals surface area contributed by atoms with Crippen LogP contribution in [-0.2, 0) is 4.74 Å². The third-order valence-electron chi connectivity index (χ3n) is 4.36. The molecule has 0 aliphatic rings. The number of nitrogens with zero attached hydrogens (tertiary/aromatic N) is 4. The van der Waals surface area contributed by atoms with Gasteiger partial charge in [-0.3, -0.25) is 4.79 Å². The lowest BCUT2D eigenvalue weighted by Crippen LogP contribution is -2.26. The molecule has 148 valence electrons. The van der Waals surface area contributed by atoms with E-state index in [1.807, 2.05) is 24.3 Å². The number of nitrogens with one attached hydrogen (secondary N) is 1. The molecule has 0 aliphatic heterocycles. The van der Waals surface area contributed by atoms with Crippen molar-refractivity contribution in [2.45, 2.75) is 6.42 Å². The zero-order chi connectivity index (χ0) is 20.2. The lowest BCUT2D eigenvalue weighted by molar-refractivity contribution is 0.0951. The molecule has 9 heteroatoms. The summed E-state index contributed by atoms with van der Waals surface area (Å²) in [5, 5.41) is 7.21. The first kappa shape index (κ1) is 18.6. The van der Waals surface area contributed by atoms with E-state index in [0.717, 1.165) is 0 Å². The fourth-order valence-electron chi connectivity index (χ4n) is 2.97. The number of para-hydroxylation sites is 2. The molecule has 0 aliphatic carbocycles. The van der Waals surface area contributed by atoms with E-state index in [4.69, 9.17) is 14.9 Å². The Bertz CT molecular complexity index is 1180. The SMILES string of the molecule is COCCCNC(=O)c1c(N)n(/N=C\c2ccco2)c2nc3ccccc3nc12. The average molecular weight is 392 g/mol. The molecule has 0 bridgehead atoms. The van der Waals surface area contributed by atoms with Crippen molar-refractivity contribution in [2.75, 3.05) is 26.0 Å². The van der Waals surface area contributed by atoms with Gasteiger partial charge in [-0.1, -0.05) is 12.1 Å². The van der Waals surface area contributed by atoms with Crippen LogP contribution in [0.25, 0.3) is 22.2 Å². The zero-order valence-corrected chi connectivity index (χ0v) is 15.8. The second kappa shape index (κ2) is 8.11. The smallest absolute Gasteiger partial charge is 0.257 e. The van der Waals surface area contributed by atoms with Crippen molar-refractivity contribution >= 4 is 40.1 Å². The van der Waals surface area contributed by atoms with Crippen molar-refractivity contribution in [2.24, 2.45) is 5.10 Å². The monoisotopic (exact) mass is 392 g/mol. The molecule has 3 N–H and O–H groups in total. The minimum absolute atomic E-state index is 0.155. The summed E-state index contributed by atoms with van der Waals surface area (Å²) in [4.78, 5) is 22.1. The highest BCUT2D eigenvalue weighted by Crippen LogP contribution is 2.27. The van der Waals surface area contributed by atoms with E-state index in [1.165, 1.54) is 10.9 Å². The molecule has 0 radical (unpaired) electrons. The van der Waals surface area contributed by atoms with Crippen LogP contribution in [-0.4, -0.2) is 47.0 Å². The highest BCUT2D eigenvalue weighted by molar-refractivity contribution is 6.10. The van der Waals surface area contributed by atoms with Gasteiger partial charge in [-0.05, 0) is 30.7 Å². The van der Waals surface area contributed by atoms with E-state index >= 15 is 0 Å². The summed E-state index contributed by atoms with van der Waals surface area (Å²) >= 11 is 0. The Labute approximate surface area is 166 Å². The average Bonchev–Trinajstić information content (AvgIpc) is 3.33. The number of hydrogen-bond acceptors (Lipinski definition) is 7. The number of benzene rings is 1. The summed E-state index contributed by atoms with van der Waals surface area (Å²) in [6, 6.07) is 10.9. The summed E-state index contributed by atoms with van der Waals surface area (Å²) in [5.74, 6) is 0.369. The maximum Gasteiger partial charge on any atom is 0.257 e. The Kier molecular flexibility index (Phi) is 5.21. The van der Waals surface area contributed by atoms with Gasteiger partial charge in [0.1, 0.15) is 22.7 Å². The van der Waals surface area contributed by atoms with Crippen molar-refractivity contribution in [3.63, 3.8) is 0 Å². The second-order valence-corrected chi connectivity index (χ2v) is 6.32. The number of amides is 1. The molecule has 0 fully saturated rings. The van der Waals surface area contributed by atoms with Crippen LogP contribution in [0.15, 0.2) is 52.2 Å². The van der Waals surface area contributed by atoms with Crippen molar-refractivity contribution in [1.29, 1.82) is 0 Å². The molecule has 1 aromatic carbocycles. The zero-order valence-electron chi connectivity index (χ0n) is 15.8. The van der Waals surface area contributed by atoms with Crippen LogP contribution in [0.3, 0.4) is 0 Å². The molecule has 0 atom stereocenters. The molecule has 3 aromatic heterocycles. The summed E-state index contributed by atoms with van der Waals surface area (Å²) in [5.41, 5.74) is 8.68. The number of furan rings is 1. The number of carbonyl (C=O) groups is 1. The van der Waals surface area contributed by atoms with Crippen LogP contribution < -0.4 is 11.1 Å².